The molecule has 8 heteroatoms. The number of benzene rings is 1. The lowest BCUT2D eigenvalue weighted by Crippen LogP contribution is -2.46. The lowest BCUT2D eigenvalue weighted by molar-refractivity contribution is 0.0471. The zero-order valence-electron chi connectivity index (χ0n) is 16.7. The number of hydrogen-bond donors (Lipinski definition) is 2. The molecule has 1 amide bonds. The number of carbonyl (C=O) groups is 1. The van der Waals surface area contributed by atoms with Crippen LogP contribution in [-0.2, 0) is 4.74 Å². The van der Waals surface area contributed by atoms with Crippen LogP contribution < -0.4 is 10.1 Å². The minimum Gasteiger partial charge on any atom is -0.491 e. The van der Waals surface area contributed by atoms with Crippen molar-refractivity contribution in [2.24, 2.45) is 0 Å². The van der Waals surface area contributed by atoms with Gasteiger partial charge in [0.05, 0.1) is 11.1 Å². The van der Waals surface area contributed by atoms with Crippen molar-refractivity contribution in [2.45, 2.75) is 57.8 Å². The number of ether oxygens (including phenoxy) is 2. The number of carbonyl (C=O) groups excluding carboxylic acids is 1. The largest absolute Gasteiger partial charge is 0.491 e. The van der Waals surface area contributed by atoms with Crippen LogP contribution in [0.4, 0.5) is 9.18 Å². The topological polar surface area (TPSA) is 71.0 Å². The number of alkyl carbamates (subject to hydrolysis) is 1. The van der Waals surface area contributed by atoms with Crippen molar-refractivity contribution >= 4 is 17.7 Å². The summed E-state index contributed by atoms with van der Waals surface area (Å²) in [6, 6.07) is 4.31. The van der Waals surface area contributed by atoms with Crippen LogP contribution in [0.2, 0.25) is 5.02 Å². The summed E-state index contributed by atoms with van der Waals surface area (Å²) in [7, 11) is 0. The molecule has 2 N–H and O–H groups in total. The zero-order valence-corrected chi connectivity index (χ0v) is 17.5. The van der Waals surface area contributed by atoms with Crippen LogP contribution in [0.3, 0.4) is 0 Å². The van der Waals surface area contributed by atoms with Gasteiger partial charge in [-0.2, -0.15) is 0 Å². The monoisotopic (exact) mass is 416 g/mol. The molecule has 0 bridgehead atoms. The molecule has 0 aliphatic carbocycles. The van der Waals surface area contributed by atoms with Gasteiger partial charge in [0.1, 0.15) is 23.8 Å². The number of aliphatic hydroxyl groups excluding tert-OH is 1. The Morgan fingerprint density at radius 3 is 2.68 bits per heavy atom. The molecule has 28 heavy (non-hydrogen) atoms. The van der Waals surface area contributed by atoms with E-state index in [2.05, 4.69) is 10.2 Å². The standard InChI is InChI=1S/C20H30ClFN2O4/c1-20(2,3)28-19(26)23-14-6-9-24(10-7-14)11-8-15(25)13-27-16-4-5-17(21)18(22)12-16/h4-5,12,14-15,25H,6-11,13H2,1-3H3,(H,23,26). The molecule has 1 atom stereocenters. The van der Waals surface area contributed by atoms with E-state index < -0.39 is 17.5 Å². The second-order valence-electron chi connectivity index (χ2n) is 8.09. The maximum absolute atomic E-state index is 13.4. The summed E-state index contributed by atoms with van der Waals surface area (Å²) < 4.78 is 24.1. The Balaban J connectivity index is 1.62. The third-order valence-corrected chi connectivity index (χ3v) is 4.73. The Morgan fingerprint density at radius 1 is 1.39 bits per heavy atom. The maximum atomic E-state index is 13.4. The molecule has 0 saturated carbocycles. The van der Waals surface area contributed by atoms with Gasteiger partial charge in [-0.15, -0.1) is 0 Å². The zero-order chi connectivity index (χ0) is 20.7. The van der Waals surface area contributed by atoms with Crippen molar-refractivity contribution in [3.8, 4) is 5.75 Å². The molecule has 1 unspecified atom stereocenters. The number of likely N-dealkylation sites (tertiary alicyclic amines) is 1. The summed E-state index contributed by atoms with van der Waals surface area (Å²) in [5.41, 5.74) is -0.499. The first-order valence-corrected chi connectivity index (χ1v) is 9.98. The molecule has 0 spiro atoms. The summed E-state index contributed by atoms with van der Waals surface area (Å²) in [6.45, 7) is 8.04. The minimum atomic E-state index is -0.642. The van der Waals surface area contributed by atoms with Crippen LogP contribution in [0.5, 0.6) is 5.75 Å². The Labute approximate surface area is 170 Å². The summed E-state index contributed by atoms with van der Waals surface area (Å²) in [4.78, 5) is 14.1. The van der Waals surface area contributed by atoms with Crippen molar-refractivity contribution in [1.82, 2.24) is 10.2 Å². The van der Waals surface area contributed by atoms with Gasteiger partial charge >= 0.3 is 6.09 Å². The number of nitrogens with one attached hydrogen (secondary N) is 1. The van der Waals surface area contributed by atoms with E-state index >= 15 is 0 Å². The van der Waals surface area contributed by atoms with E-state index in [0.717, 1.165) is 32.5 Å². The molecule has 1 aliphatic rings. The van der Waals surface area contributed by atoms with E-state index in [-0.39, 0.29) is 23.8 Å². The quantitative estimate of drug-likeness (QED) is 0.710. The molecule has 158 valence electrons. The molecule has 0 aromatic heterocycles. The number of rotatable bonds is 7. The predicted molar refractivity (Wildman–Crippen MR) is 106 cm³/mol. The second kappa shape index (κ2) is 10.3. The number of halogens is 2. The van der Waals surface area contributed by atoms with Crippen LogP contribution in [0.15, 0.2) is 18.2 Å². The number of amides is 1. The fourth-order valence-electron chi connectivity index (χ4n) is 2.95. The maximum Gasteiger partial charge on any atom is 0.407 e. The van der Waals surface area contributed by atoms with E-state index in [1.165, 1.54) is 12.1 Å². The molecule has 0 radical (unpaired) electrons. The number of piperidine rings is 1. The SMILES string of the molecule is CC(C)(C)OC(=O)NC1CCN(CCC(O)COc2ccc(Cl)c(F)c2)CC1. The summed E-state index contributed by atoms with van der Waals surface area (Å²) in [6.07, 6.45) is 1.22. The first-order chi connectivity index (χ1) is 13.1. The normalized spacial score (nSPS) is 17.2. The van der Waals surface area contributed by atoms with Crippen molar-refractivity contribution in [2.75, 3.05) is 26.2 Å². The van der Waals surface area contributed by atoms with E-state index in [0.29, 0.717) is 12.2 Å². The van der Waals surface area contributed by atoms with Gasteiger partial charge < -0.3 is 24.8 Å². The molecule has 1 heterocycles. The molecule has 1 aromatic rings. The molecule has 1 fully saturated rings. The Kier molecular flexibility index (Phi) is 8.34. The third-order valence-electron chi connectivity index (χ3n) is 4.42. The number of nitrogens with zero attached hydrogens (tertiary/aromatic N) is 1. The van der Waals surface area contributed by atoms with E-state index in [4.69, 9.17) is 21.1 Å². The fraction of sp³-hybridized carbons (Fsp3) is 0.650. The fourth-order valence-corrected chi connectivity index (χ4v) is 3.07. The molecular weight excluding hydrogens is 387 g/mol. The molecule has 2 rings (SSSR count). The smallest absolute Gasteiger partial charge is 0.407 e. The molecule has 6 nitrogen and oxygen atoms in total. The van der Waals surface area contributed by atoms with Crippen LogP contribution >= 0.6 is 11.6 Å². The average Bonchev–Trinajstić information content (AvgIpc) is 2.60. The van der Waals surface area contributed by atoms with E-state index in [1.807, 2.05) is 20.8 Å². The summed E-state index contributed by atoms with van der Waals surface area (Å²) in [5, 5.41) is 13.0. The van der Waals surface area contributed by atoms with E-state index in [1.54, 1.807) is 6.07 Å². The van der Waals surface area contributed by atoms with Crippen molar-refractivity contribution in [3.05, 3.63) is 29.0 Å². The third kappa shape index (κ3) is 8.20. The van der Waals surface area contributed by atoms with Crippen molar-refractivity contribution in [1.29, 1.82) is 0 Å². The summed E-state index contributed by atoms with van der Waals surface area (Å²) in [5.74, 6) is -0.202. The highest BCUT2D eigenvalue weighted by molar-refractivity contribution is 6.30. The van der Waals surface area contributed by atoms with Crippen LogP contribution in [-0.4, -0.2) is 60.1 Å². The Bertz CT molecular complexity index is 646. The van der Waals surface area contributed by atoms with Gasteiger partial charge in [0.2, 0.25) is 0 Å². The molecular formula is C20H30ClFN2O4. The Morgan fingerprint density at radius 2 is 2.07 bits per heavy atom. The van der Waals surface area contributed by atoms with Gasteiger partial charge in [0, 0.05) is 31.7 Å². The van der Waals surface area contributed by atoms with Gasteiger partial charge in [0.15, 0.2) is 0 Å². The lowest BCUT2D eigenvalue weighted by atomic mass is 10.0. The second-order valence-corrected chi connectivity index (χ2v) is 8.50. The van der Waals surface area contributed by atoms with Crippen LogP contribution in [0.1, 0.15) is 40.0 Å². The average molecular weight is 417 g/mol. The van der Waals surface area contributed by atoms with Gasteiger partial charge in [-0.1, -0.05) is 11.6 Å². The number of hydrogen-bond acceptors (Lipinski definition) is 5. The van der Waals surface area contributed by atoms with Gasteiger partial charge in [-0.3, -0.25) is 0 Å². The molecule has 1 aromatic carbocycles. The highest BCUT2D eigenvalue weighted by atomic mass is 35.5. The van der Waals surface area contributed by atoms with Gasteiger partial charge in [-0.05, 0) is 52.2 Å². The highest BCUT2D eigenvalue weighted by Crippen LogP contribution is 2.20. The van der Waals surface area contributed by atoms with Crippen molar-refractivity contribution in [3.63, 3.8) is 0 Å². The highest BCUT2D eigenvalue weighted by Gasteiger charge is 2.23. The van der Waals surface area contributed by atoms with Crippen molar-refractivity contribution < 1.29 is 23.8 Å². The minimum absolute atomic E-state index is 0.0393. The first-order valence-electron chi connectivity index (χ1n) is 9.60. The molecule has 1 saturated heterocycles. The van der Waals surface area contributed by atoms with Gasteiger partial charge in [-0.25, -0.2) is 9.18 Å². The lowest BCUT2D eigenvalue weighted by Gasteiger charge is -2.33. The number of aliphatic hydroxyl groups is 1. The van der Waals surface area contributed by atoms with Crippen LogP contribution in [0.25, 0.3) is 0 Å². The molecule has 1 aliphatic heterocycles. The first kappa shape index (κ1) is 22.7. The summed E-state index contributed by atoms with van der Waals surface area (Å²) >= 11 is 5.63. The predicted octanol–water partition coefficient (Wildman–Crippen LogP) is 3.60. The Hall–Kier alpha value is -1.57. The van der Waals surface area contributed by atoms with Gasteiger partial charge in [0.25, 0.3) is 0 Å². The van der Waals surface area contributed by atoms with Crippen LogP contribution in [0, 0.1) is 5.82 Å². The van der Waals surface area contributed by atoms with E-state index in [9.17, 15) is 14.3 Å².